The molecule has 0 radical (unpaired) electrons. The molecule has 92 valence electrons. The lowest BCUT2D eigenvalue weighted by Crippen LogP contribution is -2.16. The SMILES string of the molecule is CN(Cc1ccc(C(N)=O)cc1)c1ccccc1. The molecule has 0 saturated carbocycles. The predicted molar refractivity (Wildman–Crippen MR) is 73.5 cm³/mol. The van der Waals surface area contributed by atoms with Gasteiger partial charge in [0.05, 0.1) is 0 Å². The molecule has 1 amide bonds. The van der Waals surface area contributed by atoms with E-state index in [1.807, 2.05) is 37.4 Å². The zero-order valence-corrected chi connectivity index (χ0v) is 10.3. The van der Waals surface area contributed by atoms with Gasteiger partial charge in [0, 0.05) is 24.8 Å². The van der Waals surface area contributed by atoms with E-state index in [9.17, 15) is 4.79 Å². The Labute approximate surface area is 107 Å². The van der Waals surface area contributed by atoms with E-state index in [1.165, 1.54) is 0 Å². The number of anilines is 1. The quantitative estimate of drug-likeness (QED) is 0.892. The Bertz CT molecular complexity index is 520. The Balaban J connectivity index is 2.08. The standard InChI is InChI=1S/C15H16N2O/c1-17(14-5-3-2-4-6-14)11-12-7-9-13(10-8-12)15(16)18/h2-10H,11H2,1H3,(H2,16,18). The average molecular weight is 240 g/mol. The smallest absolute Gasteiger partial charge is 0.248 e. The highest BCUT2D eigenvalue weighted by molar-refractivity contribution is 5.92. The molecule has 3 nitrogen and oxygen atoms in total. The van der Waals surface area contributed by atoms with Crippen LogP contribution in [0.2, 0.25) is 0 Å². The molecule has 0 heterocycles. The van der Waals surface area contributed by atoms with E-state index >= 15 is 0 Å². The van der Waals surface area contributed by atoms with Crippen molar-refractivity contribution in [3.8, 4) is 0 Å². The number of rotatable bonds is 4. The van der Waals surface area contributed by atoms with Gasteiger partial charge in [0.2, 0.25) is 5.91 Å². The number of primary amides is 1. The first kappa shape index (κ1) is 12.2. The Kier molecular flexibility index (Phi) is 3.63. The highest BCUT2D eigenvalue weighted by Gasteiger charge is 2.03. The molecule has 2 aromatic rings. The Morgan fingerprint density at radius 1 is 1.06 bits per heavy atom. The summed E-state index contributed by atoms with van der Waals surface area (Å²) in [6.07, 6.45) is 0. The molecular weight excluding hydrogens is 224 g/mol. The van der Waals surface area contributed by atoms with Crippen LogP contribution in [-0.2, 0) is 6.54 Å². The van der Waals surface area contributed by atoms with Gasteiger partial charge < -0.3 is 10.6 Å². The van der Waals surface area contributed by atoms with Gasteiger partial charge in [0.25, 0.3) is 0 Å². The lowest BCUT2D eigenvalue weighted by atomic mass is 10.1. The summed E-state index contributed by atoms with van der Waals surface area (Å²) in [6.45, 7) is 0.795. The lowest BCUT2D eigenvalue weighted by molar-refractivity contribution is 0.100. The van der Waals surface area contributed by atoms with Gasteiger partial charge in [-0.3, -0.25) is 4.79 Å². The minimum Gasteiger partial charge on any atom is -0.370 e. The second-order valence-electron chi connectivity index (χ2n) is 4.25. The summed E-state index contributed by atoms with van der Waals surface area (Å²) in [5, 5.41) is 0. The maximum atomic E-state index is 11.0. The highest BCUT2D eigenvalue weighted by atomic mass is 16.1. The maximum Gasteiger partial charge on any atom is 0.248 e. The summed E-state index contributed by atoms with van der Waals surface area (Å²) in [5.74, 6) is -0.391. The van der Waals surface area contributed by atoms with Crippen LogP contribution in [0.5, 0.6) is 0 Å². The van der Waals surface area contributed by atoms with Gasteiger partial charge in [-0.25, -0.2) is 0 Å². The van der Waals surface area contributed by atoms with Crippen molar-refractivity contribution in [1.82, 2.24) is 0 Å². The number of nitrogens with zero attached hydrogens (tertiary/aromatic N) is 1. The number of nitrogens with two attached hydrogens (primary N) is 1. The highest BCUT2D eigenvalue weighted by Crippen LogP contribution is 2.14. The molecule has 3 heteroatoms. The number of benzene rings is 2. The van der Waals surface area contributed by atoms with Crippen molar-refractivity contribution < 1.29 is 4.79 Å². The van der Waals surface area contributed by atoms with Gasteiger partial charge in [0.15, 0.2) is 0 Å². The predicted octanol–water partition coefficient (Wildman–Crippen LogP) is 2.42. The lowest BCUT2D eigenvalue weighted by Gasteiger charge is -2.19. The molecule has 0 aliphatic heterocycles. The Hall–Kier alpha value is -2.29. The van der Waals surface area contributed by atoms with Crippen molar-refractivity contribution in [1.29, 1.82) is 0 Å². The minimum absolute atomic E-state index is 0.391. The van der Waals surface area contributed by atoms with Crippen molar-refractivity contribution in [3.63, 3.8) is 0 Å². The first-order valence-electron chi connectivity index (χ1n) is 5.82. The van der Waals surface area contributed by atoms with Crippen LogP contribution in [0.15, 0.2) is 54.6 Å². The van der Waals surface area contributed by atoms with Crippen LogP contribution in [0.4, 0.5) is 5.69 Å². The van der Waals surface area contributed by atoms with E-state index in [4.69, 9.17) is 5.73 Å². The fraction of sp³-hybridized carbons (Fsp3) is 0.133. The molecule has 0 aliphatic carbocycles. The summed E-state index contributed by atoms with van der Waals surface area (Å²) >= 11 is 0. The fourth-order valence-corrected chi connectivity index (χ4v) is 1.82. The van der Waals surface area contributed by atoms with Crippen LogP contribution in [0.25, 0.3) is 0 Å². The van der Waals surface area contributed by atoms with Gasteiger partial charge >= 0.3 is 0 Å². The van der Waals surface area contributed by atoms with Crippen molar-refractivity contribution in [2.75, 3.05) is 11.9 Å². The molecule has 2 aromatic carbocycles. The third-order valence-corrected chi connectivity index (χ3v) is 2.86. The molecule has 0 aromatic heterocycles. The van der Waals surface area contributed by atoms with Gasteiger partial charge in [-0.15, -0.1) is 0 Å². The maximum absolute atomic E-state index is 11.0. The molecule has 0 fully saturated rings. The Morgan fingerprint density at radius 2 is 1.67 bits per heavy atom. The third kappa shape index (κ3) is 2.88. The summed E-state index contributed by atoms with van der Waals surface area (Å²) in [6, 6.07) is 17.5. The van der Waals surface area contributed by atoms with Crippen molar-refractivity contribution in [2.45, 2.75) is 6.54 Å². The molecular formula is C15H16N2O. The van der Waals surface area contributed by atoms with E-state index in [0.717, 1.165) is 17.8 Å². The van der Waals surface area contributed by atoms with Crippen LogP contribution < -0.4 is 10.6 Å². The molecule has 0 spiro atoms. The third-order valence-electron chi connectivity index (χ3n) is 2.86. The van der Waals surface area contributed by atoms with Gasteiger partial charge in [-0.05, 0) is 29.8 Å². The number of carbonyl (C=O) groups excluding carboxylic acids is 1. The van der Waals surface area contributed by atoms with Crippen LogP contribution in [-0.4, -0.2) is 13.0 Å². The summed E-state index contributed by atoms with van der Waals surface area (Å²) in [5.41, 5.74) is 8.06. The fourth-order valence-electron chi connectivity index (χ4n) is 1.82. The van der Waals surface area contributed by atoms with Crippen LogP contribution >= 0.6 is 0 Å². The molecule has 18 heavy (non-hydrogen) atoms. The summed E-state index contributed by atoms with van der Waals surface area (Å²) in [7, 11) is 2.04. The van der Waals surface area contributed by atoms with Crippen molar-refractivity contribution in [2.24, 2.45) is 5.73 Å². The largest absolute Gasteiger partial charge is 0.370 e. The van der Waals surface area contributed by atoms with E-state index in [0.29, 0.717) is 5.56 Å². The summed E-state index contributed by atoms with van der Waals surface area (Å²) in [4.78, 5) is 13.1. The first-order valence-corrected chi connectivity index (χ1v) is 5.82. The number of hydrogen-bond donors (Lipinski definition) is 1. The van der Waals surface area contributed by atoms with Gasteiger partial charge in [-0.2, -0.15) is 0 Å². The van der Waals surface area contributed by atoms with Gasteiger partial charge in [-0.1, -0.05) is 30.3 Å². The first-order chi connectivity index (χ1) is 8.66. The molecule has 0 bridgehead atoms. The molecule has 0 unspecified atom stereocenters. The minimum atomic E-state index is -0.391. The molecule has 0 atom stereocenters. The van der Waals surface area contributed by atoms with Gasteiger partial charge in [0.1, 0.15) is 0 Å². The normalized spacial score (nSPS) is 10.1. The second kappa shape index (κ2) is 5.36. The van der Waals surface area contributed by atoms with Crippen LogP contribution in [0, 0.1) is 0 Å². The van der Waals surface area contributed by atoms with Crippen LogP contribution in [0.3, 0.4) is 0 Å². The number of carbonyl (C=O) groups is 1. The second-order valence-corrected chi connectivity index (χ2v) is 4.25. The molecule has 2 N–H and O–H groups in total. The van der Waals surface area contributed by atoms with Crippen molar-refractivity contribution >= 4 is 11.6 Å². The Morgan fingerprint density at radius 3 is 2.22 bits per heavy atom. The summed E-state index contributed by atoms with van der Waals surface area (Å²) < 4.78 is 0. The topological polar surface area (TPSA) is 46.3 Å². The zero-order chi connectivity index (χ0) is 13.0. The number of amides is 1. The van der Waals surface area contributed by atoms with E-state index in [-0.39, 0.29) is 0 Å². The number of hydrogen-bond acceptors (Lipinski definition) is 2. The average Bonchev–Trinajstić information content (AvgIpc) is 2.40. The van der Waals surface area contributed by atoms with E-state index in [2.05, 4.69) is 17.0 Å². The zero-order valence-electron chi connectivity index (χ0n) is 10.3. The number of para-hydroxylation sites is 1. The van der Waals surface area contributed by atoms with E-state index < -0.39 is 5.91 Å². The molecule has 0 saturated heterocycles. The monoisotopic (exact) mass is 240 g/mol. The van der Waals surface area contributed by atoms with E-state index in [1.54, 1.807) is 12.1 Å². The van der Waals surface area contributed by atoms with Crippen molar-refractivity contribution in [3.05, 3.63) is 65.7 Å². The van der Waals surface area contributed by atoms with Crippen LogP contribution in [0.1, 0.15) is 15.9 Å². The molecule has 2 rings (SSSR count). The molecule has 0 aliphatic rings.